The molecule has 1 aliphatic rings. The minimum Gasteiger partial charge on any atom is -0.299 e. The summed E-state index contributed by atoms with van der Waals surface area (Å²) in [7, 11) is 0. The highest BCUT2D eigenvalue weighted by atomic mass is 35.5. The molecule has 76 valence electrons. The number of Topliss-reactive ketones (excluding diaryl/α,β-unsaturated/α-hetero) is 2. The van der Waals surface area contributed by atoms with E-state index in [4.69, 9.17) is 17.0 Å². The van der Waals surface area contributed by atoms with Crippen molar-refractivity contribution in [3.05, 3.63) is 29.1 Å². The minimum absolute atomic E-state index is 0.0434. The summed E-state index contributed by atoms with van der Waals surface area (Å²) in [5.74, 6) is -0.989. The summed E-state index contributed by atoms with van der Waals surface area (Å²) in [5, 5.41) is 6.22. The fourth-order valence-electron chi connectivity index (χ4n) is 1.44. The second-order valence-electron chi connectivity index (χ2n) is 3.32. The molecule has 1 aromatic rings. The van der Waals surface area contributed by atoms with Crippen molar-refractivity contribution in [3.8, 4) is 0 Å². The lowest BCUT2D eigenvalue weighted by molar-refractivity contribution is 0.0964. The Morgan fingerprint density at radius 1 is 1.40 bits per heavy atom. The Hall–Kier alpha value is -1.55. The van der Waals surface area contributed by atoms with Gasteiger partial charge in [0, 0.05) is 11.3 Å². The third-order valence-corrected chi connectivity index (χ3v) is 2.66. The highest BCUT2D eigenvalue weighted by molar-refractivity contribution is 6.63. The summed E-state index contributed by atoms with van der Waals surface area (Å²) in [6, 6.07) is 3.17. The topological polar surface area (TPSA) is 70.9 Å². The maximum atomic E-state index is 11.6. The number of pyridine rings is 1. The molecule has 0 fully saturated rings. The van der Waals surface area contributed by atoms with E-state index in [0.717, 1.165) is 0 Å². The number of alkyl halides is 1. The number of rotatable bonds is 0. The molecule has 0 aliphatic heterocycles. The van der Waals surface area contributed by atoms with Crippen LogP contribution in [0.5, 0.6) is 0 Å². The lowest BCUT2D eigenvalue weighted by Crippen LogP contribution is -2.38. The van der Waals surface area contributed by atoms with Gasteiger partial charge in [0.1, 0.15) is 16.8 Å². The van der Waals surface area contributed by atoms with E-state index in [1.807, 2.05) is 0 Å². The molecule has 1 unspecified atom stereocenters. The average molecular weight is 223 g/mol. The molecule has 1 aromatic heterocycles. The molecule has 0 radical (unpaired) electrons. The van der Waals surface area contributed by atoms with Gasteiger partial charge in [-0.25, -0.2) is 4.98 Å². The van der Waals surface area contributed by atoms with Gasteiger partial charge in [0.2, 0.25) is 5.78 Å². The van der Waals surface area contributed by atoms with Gasteiger partial charge in [0.25, 0.3) is 0 Å². The average Bonchev–Trinajstić information content (AvgIpc) is 2.23. The Kier molecular flexibility index (Phi) is 2.16. The molecular formula is C10H7ClN2O2. The quantitative estimate of drug-likeness (QED) is 0.675. The van der Waals surface area contributed by atoms with Gasteiger partial charge in [-0.1, -0.05) is 0 Å². The van der Waals surface area contributed by atoms with E-state index < -0.39 is 22.7 Å². The van der Waals surface area contributed by atoms with Gasteiger partial charge in [-0.15, -0.1) is 11.6 Å². The third-order valence-electron chi connectivity index (χ3n) is 2.24. The number of nitrogens with zero attached hydrogens (tertiary/aromatic N) is 1. The Morgan fingerprint density at radius 3 is 2.73 bits per heavy atom. The van der Waals surface area contributed by atoms with E-state index >= 15 is 0 Å². The molecule has 1 N–H and O–H groups in total. The summed E-state index contributed by atoms with van der Waals surface area (Å²) in [5.41, 5.74) is 0.492. The van der Waals surface area contributed by atoms with Gasteiger partial charge < -0.3 is 0 Å². The molecule has 0 saturated heterocycles. The van der Waals surface area contributed by atoms with E-state index in [-0.39, 0.29) is 11.3 Å². The first-order valence-corrected chi connectivity index (χ1v) is 4.75. The molecule has 2 rings (SSSR count). The van der Waals surface area contributed by atoms with Crippen LogP contribution in [-0.4, -0.2) is 27.6 Å². The number of ketones is 2. The van der Waals surface area contributed by atoms with E-state index in [0.29, 0.717) is 5.69 Å². The lowest BCUT2D eigenvalue weighted by Gasteiger charge is -2.17. The number of halogens is 1. The lowest BCUT2D eigenvalue weighted by atomic mass is 9.91. The fraction of sp³-hybridized carbons (Fsp3) is 0.200. The van der Waals surface area contributed by atoms with Gasteiger partial charge in [-0.2, -0.15) is 0 Å². The molecule has 0 bridgehead atoms. The molecule has 1 atom stereocenters. The van der Waals surface area contributed by atoms with Gasteiger partial charge in [-0.3, -0.25) is 15.0 Å². The molecule has 0 spiro atoms. The highest BCUT2D eigenvalue weighted by Gasteiger charge is 2.37. The Morgan fingerprint density at radius 2 is 2.07 bits per heavy atom. The number of nitrogens with one attached hydrogen (secondary N) is 1. The number of fused-ring (bicyclic) bond motifs is 1. The summed E-state index contributed by atoms with van der Waals surface area (Å²) < 4.78 is 0. The molecular weight excluding hydrogens is 216 g/mol. The molecule has 4 nitrogen and oxygen atoms in total. The molecule has 0 amide bonds. The fourth-order valence-corrected chi connectivity index (χ4v) is 1.66. The number of carbonyl (C=O) groups excluding carboxylic acids is 2. The zero-order chi connectivity index (χ0) is 11.2. The van der Waals surface area contributed by atoms with Crippen LogP contribution in [0.3, 0.4) is 0 Å². The van der Waals surface area contributed by atoms with Crippen molar-refractivity contribution in [3.63, 3.8) is 0 Å². The summed E-state index contributed by atoms with van der Waals surface area (Å²) in [4.78, 5) is 27.2. The SMILES string of the molecule is Cc1ccc2c(n1)C(=O)C(=N)C(Cl)C2=O. The third kappa shape index (κ3) is 1.37. The first-order valence-electron chi connectivity index (χ1n) is 4.31. The second-order valence-corrected chi connectivity index (χ2v) is 3.75. The molecule has 1 aliphatic carbocycles. The van der Waals surface area contributed by atoms with Crippen LogP contribution in [0, 0.1) is 12.3 Å². The number of carbonyl (C=O) groups is 2. The summed E-state index contributed by atoms with van der Waals surface area (Å²) in [6.45, 7) is 1.72. The van der Waals surface area contributed by atoms with Crippen molar-refractivity contribution in [2.75, 3.05) is 0 Å². The largest absolute Gasteiger partial charge is 0.299 e. The second kappa shape index (κ2) is 3.24. The predicted octanol–water partition coefficient (Wildman–Crippen LogP) is 1.40. The van der Waals surface area contributed by atoms with Crippen molar-refractivity contribution in [1.29, 1.82) is 5.41 Å². The van der Waals surface area contributed by atoms with Crippen molar-refractivity contribution in [2.24, 2.45) is 0 Å². The zero-order valence-electron chi connectivity index (χ0n) is 7.87. The highest BCUT2D eigenvalue weighted by Crippen LogP contribution is 2.21. The van der Waals surface area contributed by atoms with Gasteiger partial charge >= 0.3 is 0 Å². The molecule has 1 heterocycles. The number of aromatic nitrogens is 1. The van der Waals surface area contributed by atoms with Crippen LogP contribution in [0.25, 0.3) is 0 Å². The number of hydrogen-bond acceptors (Lipinski definition) is 4. The van der Waals surface area contributed by atoms with E-state index in [1.54, 1.807) is 13.0 Å². The van der Waals surface area contributed by atoms with Crippen LogP contribution in [0.2, 0.25) is 0 Å². The maximum Gasteiger partial charge on any atom is 0.227 e. The summed E-state index contributed by atoms with van der Waals surface area (Å²) in [6.07, 6.45) is 0. The predicted molar refractivity (Wildman–Crippen MR) is 55.0 cm³/mol. The number of hydrogen-bond donors (Lipinski definition) is 1. The van der Waals surface area contributed by atoms with Gasteiger partial charge in [0.05, 0.1) is 0 Å². The zero-order valence-corrected chi connectivity index (χ0v) is 8.63. The van der Waals surface area contributed by atoms with Crippen LogP contribution in [-0.2, 0) is 0 Å². The smallest absolute Gasteiger partial charge is 0.227 e. The normalized spacial score (nSPS) is 20.4. The monoisotopic (exact) mass is 222 g/mol. The maximum absolute atomic E-state index is 11.6. The standard InChI is InChI=1S/C10H7ClN2O2/c1-4-2-3-5-8(13-4)10(15)7(12)6(11)9(5)14/h2-3,6,12H,1H3. The van der Waals surface area contributed by atoms with Crippen LogP contribution < -0.4 is 0 Å². The first-order chi connectivity index (χ1) is 7.02. The first kappa shape index (κ1) is 9.98. The van der Waals surface area contributed by atoms with E-state index in [2.05, 4.69) is 4.98 Å². The molecule has 5 heteroatoms. The number of aryl methyl sites for hydroxylation is 1. The van der Waals surface area contributed by atoms with E-state index in [1.165, 1.54) is 6.07 Å². The van der Waals surface area contributed by atoms with Gasteiger partial charge in [-0.05, 0) is 19.1 Å². The van der Waals surface area contributed by atoms with Crippen LogP contribution in [0.15, 0.2) is 12.1 Å². The minimum atomic E-state index is -1.17. The Labute approximate surface area is 90.8 Å². The van der Waals surface area contributed by atoms with Gasteiger partial charge in [0.15, 0.2) is 5.78 Å². The van der Waals surface area contributed by atoms with Crippen LogP contribution in [0.4, 0.5) is 0 Å². The van der Waals surface area contributed by atoms with Crippen molar-refractivity contribution < 1.29 is 9.59 Å². The molecule has 0 saturated carbocycles. The van der Waals surface area contributed by atoms with Crippen molar-refractivity contribution >= 4 is 28.9 Å². The van der Waals surface area contributed by atoms with E-state index in [9.17, 15) is 9.59 Å². The van der Waals surface area contributed by atoms with Crippen LogP contribution >= 0.6 is 11.6 Å². The Bertz CT molecular complexity index is 496. The molecule has 15 heavy (non-hydrogen) atoms. The van der Waals surface area contributed by atoms with Crippen molar-refractivity contribution in [1.82, 2.24) is 4.98 Å². The molecule has 0 aromatic carbocycles. The summed E-state index contributed by atoms with van der Waals surface area (Å²) >= 11 is 5.66. The Balaban J connectivity index is 2.69. The van der Waals surface area contributed by atoms with Crippen LogP contribution in [0.1, 0.15) is 26.5 Å². The van der Waals surface area contributed by atoms with Crippen molar-refractivity contribution in [2.45, 2.75) is 12.3 Å².